The fraction of sp³-hybridized carbons (Fsp3) is 0.111. The van der Waals surface area contributed by atoms with Crippen molar-refractivity contribution >= 4 is 23.0 Å². The highest BCUT2D eigenvalue weighted by atomic mass is 32.1. The molecule has 3 N–H and O–H groups in total. The molecule has 0 unspecified atom stereocenters. The van der Waals surface area contributed by atoms with Crippen LogP contribution in [0.15, 0.2) is 35.4 Å². The minimum Gasteiger partial charge on any atom is -0.373 e. The van der Waals surface area contributed by atoms with Crippen LogP contribution in [0.1, 0.15) is 12.5 Å². The second-order valence-corrected chi connectivity index (χ2v) is 3.10. The van der Waals surface area contributed by atoms with E-state index in [-0.39, 0.29) is 5.11 Å². The summed E-state index contributed by atoms with van der Waals surface area (Å²) in [4.78, 5) is 0. The molecular formula is C9H11N3OS. The minimum absolute atomic E-state index is 0.180. The first-order valence-electron chi connectivity index (χ1n) is 4.00. The summed E-state index contributed by atoms with van der Waals surface area (Å²) in [6, 6.07) is 9.44. The number of hydrazone groups is 1. The van der Waals surface area contributed by atoms with Gasteiger partial charge in [-0.3, -0.25) is 5.21 Å². The third-order valence-electron chi connectivity index (χ3n) is 1.63. The second kappa shape index (κ2) is 4.69. The molecule has 1 aromatic carbocycles. The van der Waals surface area contributed by atoms with Gasteiger partial charge >= 0.3 is 0 Å². The zero-order chi connectivity index (χ0) is 10.6. The Balaban J connectivity index is 2.85. The highest BCUT2D eigenvalue weighted by Gasteiger charge is 2.01. The predicted octanol–water partition coefficient (Wildman–Crippen LogP) is 1.35. The van der Waals surface area contributed by atoms with E-state index in [2.05, 4.69) is 17.3 Å². The van der Waals surface area contributed by atoms with Crippen molar-refractivity contribution in [2.75, 3.05) is 0 Å². The van der Waals surface area contributed by atoms with Gasteiger partial charge in [-0.05, 0) is 24.7 Å². The van der Waals surface area contributed by atoms with E-state index in [9.17, 15) is 0 Å². The predicted molar refractivity (Wildman–Crippen MR) is 59.1 cm³/mol. The SMILES string of the molecule is CC(=NN(O)C(N)=S)c1ccccc1. The molecule has 1 rings (SSSR count). The lowest BCUT2D eigenvalue weighted by Crippen LogP contribution is -2.28. The first kappa shape index (κ1) is 10.6. The van der Waals surface area contributed by atoms with Crippen LogP contribution < -0.4 is 5.73 Å². The third-order valence-corrected chi connectivity index (χ3v) is 1.80. The minimum atomic E-state index is -0.180. The molecule has 0 fully saturated rings. The van der Waals surface area contributed by atoms with Crippen LogP contribution >= 0.6 is 12.2 Å². The molecule has 0 bridgehead atoms. The number of hydrogen-bond donors (Lipinski definition) is 2. The van der Waals surface area contributed by atoms with Crippen LogP contribution in [-0.2, 0) is 0 Å². The Morgan fingerprint density at radius 1 is 1.43 bits per heavy atom. The van der Waals surface area contributed by atoms with E-state index in [0.29, 0.717) is 10.9 Å². The van der Waals surface area contributed by atoms with E-state index >= 15 is 0 Å². The summed E-state index contributed by atoms with van der Waals surface area (Å²) in [6.07, 6.45) is 0. The molecule has 1 aromatic rings. The van der Waals surface area contributed by atoms with Crippen LogP contribution in [0, 0.1) is 0 Å². The average Bonchev–Trinajstić information content (AvgIpc) is 2.19. The van der Waals surface area contributed by atoms with Gasteiger partial charge in [0.05, 0.1) is 5.71 Å². The van der Waals surface area contributed by atoms with Crippen molar-refractivity contribution < 1.29 is 5.21 Å². The monoisotopic (exact) mass is 209 g/mol. The van der Waals surface area contributed by atoms with E-state index in [0.717, 1.165) is 5.56 Å². The van der Waals surface area contributed by atoms with E-state index in [1.54, 1.807) is 6.92 Å². The molecule has 74 valence electrons. The lowest BCUT2D eigenvalue weighted by molar-refractivity contribution is -0.0104. The number of nitrogens with zero attached hydrogens (tertiary/aromatic N) is 2. The van der Waals surface area contributed by atoms with Gasteiger partial charge < -0.3 is 5.73 Å². The molecule has 0 saturated heterocycles. The fourth-order valence-corrected chi connectivity index (χ4v) is 0.969. The summed E-state index contributed by atoms with van der Waals surface area (Å²) in [6.45, 7) is 1.76. The highest BCUT2D eigenvalue weighted by Crippen LogP contribution is 2.01. The van der Waals surface area contributed by atoms with Crippen molar-refractivity contribution in [3.8, 4) is 0 Å². The van der Waals surface area contributed by atoms with Crippen molar-refractivity contribution in [1.82, 2.24) is 5.17 Å². The van der Waals surface area contributed by atoms with Gasteiger partial charge in [0.15, 0.2) is 0 Å². The summed E-state index contributed by atoms with van der Waals surface area (Å²) >= 11 is 4.53. The van der Waals surface area contributed by atoms with Crippen LogP contribution in [0.2, 0.25) is 0 Å². The van der Waals surface area contributed by atoms with Crippen molar-refractivity contribution in [2.24, 2.45) is 10.8 Å². The van der Waals surface area contributed by atoms with Gasteiger partial charge in [-0.1, -0.05) is 30.3 Å². The van der Waals surface area contributed by atoms with Crippen LogP contribution in [0.3, 0.4) is 0 Å². The van der Waals surface area contributed by atoms with Gasteiger partial charge in [0.2, 0.25) is 5.11 Å². The molecule has 0 aliphatic rings. The van der Waals surface area contributed by atoms with E-state index in [1.807, 2.05) is 30.3 Å². The summed E-state index contributed by atoms with van der Waals surface area (Å²) < 4.78 is 0. The van der Waals surface area contributed by atoms with Gasteiger partial charge in [-0.25, -0.2) is 0 Å². The molecule has 0 atom stereocenters. The molecule has 0 spiro atoms. The average molecular weight is 209 g/mol. The number of hydroxylamine groups is 1. The number of benzene rings is 1. The smallest absolute Gasteiger partial charge is 0.215 e. The lowest BCUT2D eigenvalue weighted by atomic mass is 10.1. The van der Waals surface area contributed by atoms with Gasteiger partial charge in [0.1, 0.15) is 0 Å². The van der Waals surface area contributed by atoms with Crippen molar-refractivity contribution in [3.63, 3.8) is 0 Å². The van der Waals surface area contributed by atoms with Crippen LogP contribution in [0.4, 0.5) is 0 Å². The van der Waals surface area contributed by atoms with Gasteiger partial charge in [0.25, 0.3) is 0 Å². The molecule has 0 aliphatic carbocycles. The normalized spacial score (nSPS) is 11.1. The molecule has 0 aliphatic heterocycles. The van der Waals surface area contributed by atoms with Crippen molar-refractivity contribution in [3.05, 3.63) is 35.9 Å². The molecule has 0 heterocycles. The third kappa shape index (κ3) is 2.79. The maximum absolute atomic E-state index is 9.14. The standard InChI is InChI=1S/C9H11N3OS/c1-7(11-12(13)9(10)14)8-5-3-2-4-6-8/h2-6,13H,1H3,(H2,10,14). The van der Waals surface area contributed by atoms with Gasteiger partial charge in [0, 0.05) is 0 Å². The molecule has 0 saturated carbocycles. The molecule has 0 amide bonds. The second-order valence-electron chi connectivity index (χ2n) is 2.68. The van der Waals surface area contributed by atoms with E-state index < -0.39 is 0 Å². The topological polar surface area (TPSA) is 61.8 Å². The van der Waals surface area contributed by atoms with Crippen molar-refractivity contribution in [1.29, 1.82) is 0 Å². The maximum atomic E-state index is 9.14. The summed E-state index contributed by atoms with van der Waals surface area (Å²) in [5.74, 6) is 0. The van der Waals surface area contributed by atoms with Crippen molar-refractivity contribution in [2.45, 2.75) is 6.92 Å². The van der Waals surface area contributed by atoms with Gasteiger partial charge in [-0.15, -0.1) is 10.3 Å². The number of nitrogens with two attached hydrogens (primary N) is 1. The fourth-order valence-electron chi connectivity index (χ4n) is 0.928. The lowest BCUT2D eigenvalue weighted by Gasteiger charge is -2.08. The Morgan fingerprint density at radius 3 is 2.50 bits per heavy atom. The summed E-state index contributed by atoms with van der Waals surface area (Å²) in [5.41, 5.74) is 6.71. The largest absolute Gasteiger partial charge is 0.373 e. The summed E-state index contributed by atoms with van der Waals surface area (Å²) in [7, 11) is 0. The first-order valence-corrected chi connectivity index (χ1v) is 4.41. The van der Waals surface area contributed by atoms with E-state index in [1.165, 1.54) is 0 Å². The Morgan fingerprint density at radius 2 is 2.00 bits per heavy atom. The molecule has 5 heteroatoms. The Bertz CT molecular complexity index is 350. The van der Waals surface area contributed by atoms with E-state index in [4.69, 9.17) is 10.9 Å². The maximum Gasteiger partial charge on any atom is 0.215 e. The first-order chi connectivity index (χ1) is 6.61. The Labute approximate surface area is 87.6 Å². The molecular weight excluding hydrogens is 198 g/mol. The van der Waals surface area contributed by atoms with Gasteiger partial charge in [-0.2, -0.15) is 0 Å². The quantitative estimate of drug-likeness (QED) is 0.438. The number of thiocarbonyl (C=S) groups is 1. The van der Waals surface area contributed by atoms with Crippen LogP contribution in [0.5, 0.6) is 0 Å². The summed E-state index contributed by atoms with van der Waals surface area (Å²) in [5, 5.41) is 13.2. The zero-order valence-corrected chi connectivity index (χ0v) is 8.53. The Kier molecular flexibility index (Phi) is 3.55. The molecule has 14 heavy (non-hydrogen) atoms. The number of rotatable bonds is 2. The molecule has 0 aromatic heterocycles. The van der Waals surface area contributed by atoms with Crippen LogP contribution in [-0.4, -0.2) is 21.2 Å². The molecule has 4 nitrogen and oxygen atoms in total. The number of hydrogen-bond acceptors (Lipinski definition) is 3. The highest BCUT2D eigenvalue weighted by molar-refractivity contribution is 7.80. The van der Waals surface area contributed by atoms with Crippen LogP contribution in [0.25, 0.3) is 0 Å². The Hall–Kier alpha value is -1.46. The zero-order valence-electron chi connectivity index (χ0n) is 7.71. The molecule has 0 radical (unpaired) electrons.